The molecule has 4 heteroatoms. The van der Waals surface area contributed by atoms with Gasteiger partial charge in [0, 0.05) is 17.3 Å². The summed E-state index contributed by atoms with van der Waals surface area (Å²) < 4.78 is 0. The predicted molar refractivity (Wildman–Crippen MR) is 77.3 cm³/mol. The first kappa shape index (κ1) is 11.3. The van der Waals surface area contributed by atoms with Gasteiger partial charge in [-0.05, 0) is 23.6 Å². The number of rotatable bonds is 4. The quantitative estimate of drug-likeness (QED) is 0.745. The molecule has 3 nitrogen and oxygen atoms in total. The number of nitrogens with zero attached hydrogens (tertiary/aromatic N) is 1. The molecular weight excluding hydrogens is 242 g/mol. The van der Waals surface area contributed by atoms with Gasteiger partial charge in [-0.1, -0.05) is 25.1 Å². The SMILES string of the molecule is CC(CNc1nc2ccccc2[nH]1)c1cccs1. The maximum atomic E-state index is 4.50. The molecule has 1 atom stereocenters. The number of para-hydroxylation sites is 2. The molecule has 3 rings (SSSR count). The molecule has 0 radical (unpaired) electrons. The summed E-state index contributed by atoms with van der Waals surface area (Å²) in [4.78, 5) is 9.18. The number of aromatic nitrogens is 2. The molecule has 0 saturated carbocycles. The summed E-state index contributed by atoms with van der Waals surface area (Å²) in [5, 5.41) is 5.48. The smallest absolute Gasteiger partial charge is 0.201 e. The number of imidazole rings is 1. The molecule has 0 aliphatic carbocycles. The van der Waals surface area contributed by atoms with Gasteiger partial charge < -0.3 is 10.3 Å². The number of nitrogens with one attached hydrogen (secondary N) is 2. The van der Waals surface area contributed by atoms with Gasteiger partial charge in [-0.2, -0.15) is 0 Å². The van der Waals surface area contributed by atoms with Crippen LogP contribution in [0.2, 0.25) is 0 Å². The first-order valence-corrected chi connectivity index (χ1v) is 6.93. The second-order valence-corrected chi connectivity index (χ2v) is 5.38. The van der Waals surface area contributed by atoms with Crippen LogP contribution in [0.3, 0.4) is 0 Å². The van der Waals surface area contributed by atoms with Crippen LogP contribution in [0.4, 0.5) is 5.95 Å². The first-order valence-electron chi connectivity index (χ1n) is 6.05. The fourth-order valence-corrected chi connectivity index (χ4v) is 2.75. The number of benzene rings is 1. The number of hydrogen-bond acceptors (Lipinski definition) is 3. The lowest BCUT2D eigenvalue weighted by Gasteiger charge is -2.09. The fourth-order valence-electron chi connectivity index (χ4n) is 1.96. The van der Waals surface area contributed by atoms with Gasteiger partial charge in [-0.15, -0.1) is 11.3 Å². The Labute approximate surface area is 110 Å². The lowest BCUT2D eigenvalue weighted by molar-refractivity contribution is 0.816. The fraction of sp³-hybridized carbons (Fsp3) is 0.214. The number of fused-ring (bicyclic) bond motifs is 1. The van der Waals surface area contributed by atoms with Crippen molar-refractivity contribution in [1.82, 2.24) is 9.97 Å². The summed E-state index contributed by atoms with van der Waals surface area (Å²) in [5.74, 6) is 1.35. The van der Waals surface area contributed by atoms with Gasteiger partial charge in [0.2, 0.25) is 5.95 Å². The topological polar surface area (TPSA) is 40.7 Å². The van der Waals surface area contributed by atoms with Crippen LogP contribution in [0.5, 0.6) is 0 Å². The average Bonchev–Trinajstić information content (AvgIpc) is 3.04. The lowest BCUT2D eigenvalue weighted by Crippen LogP contribution is -2.09. The highest BCUT2D eigenvalue weighted by Crippen LogP contribution is 2.21. The van der Waals surface area contributed by atoms with Crippen LogP contribution >= 0.6 is 11.3 Å². The summed E-state index contributed by atoms with van der Waals surface area (Å²) in [6, 6.07) is 12.3. The maximum absolute atomic E-state index is 4.50. The molecular formula is C14H15N3S. The lowest BCUT2D eigenvalue weighted by atomic mass is 10.1. The minimum atomic E-state index is 0.498. The molecule has 0 fully saturated rings. The molecule has 0 spiro atoms. The van der Waals surface area contributed by atoms with Gasteiger partial charge >= 0.3 is 0 Å². The van der Waals surface area contributed by atoms with Gasteiger partial charge in [0.05, 0.1) is 11.0 Å². The van der Waals surface area contributed by atoms with Crippen LogP contribution in [0, 0.1) is 0 Å². The Balaban J connectivity index is 1.69. The second kappa shape index (κ2) is 4.82. The molecule has 0 aliphatic rings. The maximum Gasteiger partial charge on any atom is 0.201 e. The van der Waals surface area contributed by atoms with Crippen molar-refractivity contribution in [2.24, 2.45) is 0 Å². The number of H-pyrrole nitrogens is 1. The zero-order valence-electron chi connectivity index (χ0n) is 10.2. The molecule has 2 aromatic heterocycles. The van der Waals surface area contributed by atoms with E-state index >= 15 is 0 Å². The number of aromatic amines is 1. The molecule has 92 valence electrons. The van der Waals surface area contributed by atoms with Crippen LogP contribution in [0.1, 0.15) is 17.7 Å². The minimum Gasteiger partial charge on any atom is -0.355 e. The summed E-state index contributed by atoms with van der Waals surface area (Å²) in [6.07, 6.45) is 0. The Bertz CT molecular complexity index is 594. The van der Waals surface area contributed by atoms with E-state index in [4.69, 9.17) is 0 Å². The Hall–Kier alpha value is -1.81. The van der Waals surface area contributed by atoms with E-state index in [1.807, 2.05) is 24.3 Å². The highest BCUT2D eigenvalue weighted by Gasteiger charge is 2.07. The standard InChI is InChI=1S/C14H15N3S/c1-10(13-7-4-8-18-13)9-15-14-16-11-5-2-3-6-12(11)17-14/h2-8,10H,9H2,1H3,(H2,15,16,17). The molecule has 18 heavy (non-hydrogen) atoms. The van der Waals surface area contributed by atoms with E-state index in [-0.39, 0.29) is 0 Å². The monoisotopic (exact) mass is 257 g/mol. The van der Waals surface area contributed by atoms with Crippen molar-refractivity contribution in [2.45, 2.75) is 12.8 Å². The molecule has 1 unspecified atom stereocenters. The van der Waals surface area contributed by atoms with E-state index in [0.29, 0.717) is 5.92 Å². The van der Waals surface area contributed by atoms with Crippen LogP contribution in [0.15, 0.2) is 41.8 Å². The highest BCUT2D eigenvalue weighted by atomic mass is 32.1. The Morgan fingerprint density at radius 1 is 1.28 bits per heavy atom. The molecule has 1 aromatic carbocycles. The molecule has 2 N–H and O–H groups in total. The van der Waals surface area contributed by atoms with Crippen molar-refractivity contribution in [3.8, 4) is 0 Å². The highest BCUT2D eigenvalue weighted by molar-refractivity contribution is 7.10. The van der Waals surface area contributed by atoms with Crippen molar-refractivity contribution >= 4 is 28.3 Å². The van der Waals surface area contributed by atoms with E-state index < -0.39 is 0 Å². The summed E-state index contributed by atoms with van der Waals surface area (Å²) in [7, 11) is 0. The van der Waals surface area contributed by atoms with E-state index in [0.717, 1.165) is 23.5 Å². The molecule has 0 amide bonds. The third-order valence-corrected chi connectivity index (χ3v) is 4.10. The van der Waals surface area contributed by atoms with E-state index in [1.165, 1.54) is 4.88 Å². The minimum absolute atomic E-state index is 0.498. The van der Waals surface area contributed by atoms with E-state index in [1.54, 1.807) is 11.3 Å². The van der Waals surface area contributed by atoms with Crippen LogP contribution < -0.4 is 5.32 Å². The van der Waals surface area contributed by atoms with Crippen LogP contribution in [-0.4, -0.2) is 16.5 Å². The summed E-state index contributed by atoms with van der Waals surface area (Å²) in [6.45, 7) is 3.11. The Morgan fingerprint density at radius 3 is 2.94 bits per heavy atom. The van der Waals surface area contributed by atoms with Crippen molar-refractivity contribution in [2.75, 3.05) is 11.9 Å². The molecule has 0 aliphatic heterocycles. The largest absolute Gasteiger partial charge is 0.355 e. The predicted octanol–water partition coefficient (Wildman–Crippen LogP) is 3.84. The molecule has 0 bridgehead atoms. The Kier molecular flexibility index (Phi) is 3.02. The zero-order valence-corrected chi connectivity index (χ0v) is 11.0. The van der Waals surface area contributed by atoms with Crippen molar-refractivity contribution in [1.29, 1.82) is 0 Å². The zero-order chi connectivity index (χ0) is 12.4. The first-order chi connectivity index (χ1) is 8.83. The van der Waals surface area contributed by atoms with Gasteiger partial charge in [-0.25, -0.2) is 4.98 Å². The van der Waals surface area contributed by atoms with E-state index in [9.17, 15) is 0 Å². The Morgan fingerprint density at radius 2 is 2.17 bits per heavy atom. The van der Waals surface area contributed by atoms with Gasteiger partial charge in [0.25, 0.3) is 0 Å². The second-order valence-electron chi connectivity index (χ2n) is 4.40. The molecule has 3 aromatic rings. The van der Waals surface area contributed by atoms with Crippen molar-refractivity contribution < 1.29 is 0 Å². The number of thiophene rings is 1. The average molecular weight is 257 g/mol. The third-order valence-electron chi connectivity index (χ3n) is 2.99. The molecule has 0 saturated heterocycles. The van der Waals surface area contributed by atoms with Gasteiger partial charge in [0.1, 0.15) is 0 Å². The van der Waals surface area contributed by atoms with Gasteiger partial charge in [0.15, 0.2) is 0 Å². The van der Waals surface area contributed by atoms with Gasteiger partial charge in [-0.3, -0.25) is 0 Å². The van der Waals surface area contributed by atoms with Crippen molar-refractivity contribution in [3.63, 3.8) is 0 Å². The number of hydrogen-bond donors (Lipinski definition) is 2. The summed E-state index contributed by atoms with van der Waals surface area (Å²) >= 11 is 1.80. The normalized spacial score (nSPS) is 12.7. The molecule has 2 heterocycles. The van der Waals surface area contributed by atoms with Crippen molar-refractivity contribution in [3.05, 3.63) is 46.7 Å². The van der Waals surface area contributed by atoms with Crippen LogP contribution in [0.25, 0.3) is 11.0 Å². The van der Waals surface area contributed by atoms with Crippen LogP contribution in [-0.2, 0) is 0 Å². The summed E-state index contributed by atoms with van der Waals surface area (Å²) in [5.41, 5.74) is 2.08. The van der Waals surface area contributed by atoms with E-state index in [2.05, 4.69) is 39.7 Å². The third kappa shape index (κ3) is 2.24. The number of anilines is 1.